The van der Waals surface area contributed by atoms with Crippen molar-refractivity contribution in [2.24, 2.45) is 17.6 Å². The third kappa shape index (κ3) is 6.73. The summed E-state index contributed by atoms with van der Waals surface area (Å²) in [6, 6.07) is 2.40. The first kappa shape index (κ1) is 26.9. The number of ether oxygens (including phenoxy) is 1. The van der Waals surface area contributed by atoms with Gasteiger partial charge < -0.3 is 15.8 Å². The van der Waals surface area contributed by atoms with E-state index in [-0.39, 0.29) is 42.3 Å². The molecule has 1 aromatic heterocycles. The summed E-state index contributed by atoms with van der Waals surface area (Å²) in [5.74, 6) is 0.0989. The van der Waals surface area contributed by atoms with Gasteiger partial charge >= 0.3 is 6.18 Å². The van der Waals surface area contributed by atoms with Crippen LogP contribution >= 0.6 is 0 Å². The minimum Gasteiger partial charge on any atom is -0.365 e. The molecule has 0 unspecified atom stereocenters. The minimum atomic E-state index is -4.31. The standard InChI is InChI=1S/C15H23F3N2O.C8H10N4O2/c1-11(2)21-14(15(16,17)18)9-20(10-14)13-5-3-12(4-6-13)7-8-19;9-6(13)5-3-10-12-7(5)11-8(14)4-1-2-4/h11-13H,3-7,9-10H2,1-2H3;3-4H,1-2H2,(H2,9,13)(H2,10,11,12,14). The number of hydrogen-bond donors (Lipinski definition) is 3. The van der Waals surface area contributed by atoms with Crippen LogP contribution in [0.25, 0.3) is 0 Å². The number of carbonyl (C=O) groups is 2. The smallest absolute Gasteiger partial charge is 0.365 e. The van der Waals surface area contributed by atoms with Crippen LogP contribution in [-0.2, 0) is 9.53 Å². The molecule has 3 aliphatic rings. The summed E-state index contributed by atoms with van der Waals surface area (Å²) < 4.78 is 44.9. The molecule has 12 heteroatoms. The molecule has 4 rings (SSSR count). The summed E-state index contributed by atoms with van der Waals surface area (Å²) in [5.41, 5.74) is 3.30. The molecule has 2 aliphatic carbocycles. The largest absolute Gasteiger partial charge is 0.419 e. The Morgan fingerprint density at radius 1 is 1.29 bits per heavy atom. The normalized spacial score (nSPS) is 24.0. The lowest BCUT2D eigenvalue weighted by molar-refractivity contribution is -0.332. The van der Waals surface area contributed by atoms with Crippen LogP contribution in [0.3, 0.4) is 0 Å². The van der Waals surface area contributed by atoms with E-state index in [1.807, 2.05) is 4.90 Å². The first-order chi connectivity index (χ1) is 16.5. The van der Waals surface area contributed by atoms with Gasteiger partial charge in [-0.05, 0) is 58.3 Å². The summed E-state index contributed by atoms with van der Waals surface area (Å²) in [5, 5.41) is 17.4. The predicted octanol–water partition coefficient (Wildman–Crippen LogP) is 3.36. The Bertz CT molecular complexity index is 924. The number of nitrogens with zero attached hydrogens (tertiary/aromatic N) is 3. The van der Waals surface area contributed by atoms with E-state index >= 15 is 0 Å². The fourth-order valence-electron chi connectivity index (χ4n) is 4.62. The van der Waals surface area contributed by atoms with Gasteiger partial charge in [0.2, 0.25) is 5.91 Å². The highest BCUT2D eigenvalue weighted by molar-refractivity contribution is 6.02. The molecule has 35 heavy (non-hydrogen) atoms. The molecule has 2 saturated carbocycles. The number of amides is 2. The quantitative estimate of drug-likeness (QED) is 0.527. The summed E-state index contributed by atoms with van der Waals surface area (Å²) in [4.78, 5) is 24.1. The number of aromatic amines is 1. The maximum Gasteiger partial charge on any atom is 0.419 e. The second-order valence-electron chi connectivity index (χ2n) is 9.89. The molecule has 4 N–H and O–H groups in total. The molecule has 3 fully saturated rings. The van der Waals surface area contributed by atoms with Gasteiger partial charge in [-0.2, -0.15) is 23.5 Å². The molecular weight excluding hydrogens is 465 g/mol. The number of nitrogens with two attached hydrogens (primary N) is 1. The Kier molecular flexibility index (Phi) is 8.43. The number of rotatable bonds is 7. The van der Waals surface area contributed by atoms with Crippen LogP contribution in [0.1, 0.15) is 69.2 Å². The topological polar surface area (TPSA) is 137 Å². The van der Waals surface area contributed by atoms with Gasteiger partial charge in [0.25, 0.3) is 5.91 Å². The van der Waals surface area contributed by atoms with Gasteiger partial charge in [-0.25, -0.2) is 0 Å². The summed E-state index contributed by atoms with van der Waals surface area (Å²) in [6.45, 7) is 3.18. The van der Waals surface area contributed by atoms with Crippen molar-refractivity contribution in [1.82, 2.24) is 15.1 Å². The van der Waals surface area contributed by atoms with E-state index in [1.165, 1.54) is 6.20 Å². The number of halogens is 3. The molecule has 2 heterocycles. The van der Waals surface area contributed by atoms with Gasteiger partial charge in [0.05, 0.1) is 18.4 Å². The van der Waals surface area contributed by atoms with E-state index in [0.717, 1.165) is 38.5 Å². The third-order valence-corrected chi connectivity index (χ3v) is 6.71. The fourth-order valence-corrected chi connectivity index (χ4v) is 4.62. The number of anilines is 1. The molecule has 0 spiro atoms. The lowest BCUT2D eigenvalue weighted by Gasteiger charge is -2.54. The number of nitriles is 1. The summed E-state index contributed by atoms with van der Waals surface area (Å²) in [7, 11) is 0. The lowest BCUT2D eigenvalue weighted by atomic mass is 9.80. The van der Waals surface area contributed by atoms with Crippen LogP contribution in [0.15, 0.2) is 6.20 Å². The van der Waals surface area contributed by atoms with Crippen LogP contribution in [-0.4, -0.2) is 63.9 Å². The van der Waals surface area contributed by atoms with Crippen LogP contribution < -0.4 is 11.1 Å². The van der Waals surface area contributed by atoms with Crippen molar-refractivity contribution in [3.05, 3.63) is 11.8 Å². The van der Waals surface area contributed by atoms with Crippen molar-refractivity contribution in [2.45, 2.75) is 82.7 Å². The zero-order valence-electron chi connectivity index (χ0n) is 20.0. The molecule has 9 nitrogen and oxygen atoms in total. The van der Waals surface area contributed by atoms with Gasteiger partial charge in [-0.3, -0.25) is 19.6 Å². The summed E-state index contributed by atoms with van der Waals surface area (Å²) >= 11 is 0. The van der Waals surface area contributed by atoms with Gasteiger partial charge in [0, 0.05) is 31.5 Å². The van der Waals surface area contributed by atoms with Gasteiger partial charge in [-0.15, -0.1) is 0 Å². The molecule has 0 aromatic carbocycles. The molecule has 1 saturated heterocycles. The van der Waals surface area contributed by atoms with Crippen LogP contribution in [0.4, 0.5) is 19.0 Å². The third-order valence-electron chi connectivity index (χ3n) is 6.71. The van der Waals surface area contributed by atoms with Crippen LogP contribution in [0, 0.1) is 23.2 Å². The highest BCUT2D eigenvalue weighted by atomic mass is 19.4. The molecule has 0 radical (unpaired) electrons. The van der Waals surface area contributed by atoms with Crippen molar-refractivity contribution < 1.29 is 27.5 Å². The van der Waals surface area contributed by atoms with E-state index < -0.39 is 23.8 Å². The first-order valence-corrected chi connectivity index (χ1v) is 12.0. The Labute approximate surface area is 202 Å². The van der Waals surface area contributed by atoms with E-state index in [1.54, 1.807) is 13.8 Å². The molecular formula is C23H33F3N6O3. The minimum absolute atomic E-state index is 0.0533. The predicted molar refractivity (Wildman–Crippen MR) is 121 cm³/mol. The van der Waals surface area contributed by atoms with E-state index in [2.05, 4.69) is 21.6 Å². The van der Waals surface area contributed by atoms with E-state index in [9.17, 15) is 22.8 Å². The second-order valence-corrected chi connectivity index (χ2v) is 9.89. The van der Waals surface area contributed by atoms with Crippen molar-refractivity contribution in [3.8, 4) is 6.07 Å². The van der Waals surface area contributed by atoms with Crippen molar-refractivity contribution in [2.75, 3.05) is 18.4 Å². The molecule has 0 bridgehead atoms. The van der Waals surface area contributed by atoms with E-state index in [0.29, 0.717) is 12.3 Å². The number of hydrogen-bond acceptors (Lipinski definition) is 6. The average Bonchev–Trinajstić information content (AvgIpc) is 3.50. The van der Waals surface area contributed by atoms with Crippen LogP contribution in [0.2, 0.25) is 0 Å². The Morgan fingerprint density at radius 3 is 2.40 bits per heavy atom. The molecule has 1 aliphatic heterocycles. The van der Waals surface area contributed by atoms with Gasteiger partial charge in [0.15, 0.2) is 5.60 Å². The SMILES string of the molecule is CC(C)OC1(C(F)(F)F)CN(C2CCC(CC#N)CC2)C1.NC(=O)c1cn[nH]c1NC(=O)C1CC1. The zero-order valence-corrected chi connectivity index (χ0v) is 20.0. The highest BCUT2D eigenvalue weighted by Crippen LogP contribution is 2.44. The van der Waals surface area contributed by atoms with Crippen LogP contribution in [0.5, 0.6) is 0 Å². The molecule has 2 amide bonds. The van der Waals surface area contributed by atoms with E-state index in [4.69, 9.17) is 15.7 Å². The maximum absolute atomic E-state index is 13.2. The van der Waals surface area contributed by atoms with Crippen molar-refractivity contribution >= 4 is 17.6 Å². The number of primary amides is 1. The average molecular weight is 499 g/mol. The molecule has 1 aromatic rings. The number of nitrogens with one attached hydrogen (secondary N) is 2. The van der Waals surface area contributed by atoms with Crippen molar-refractivity contribution in [1.29, 1.82) is 5.26 Å². The maximum atomic E-state index is 13.2. The van der Waals surface area contributed by atoms with Crippen molar-refractivity contribution in [3.63, 3.8) is 0 Å². The first-order valence-electron chi connectivity index (χ1n) is 12.0. The number of alkyl halides is 3. The fraction of sp³-hybridized carbons (Fsp3) is 0.739. The number of H-pyrrole nitrogens is 1. The molecule has 194 valence electrons. The monoisotopic (exact) mass is 498 g/mol. The number of aromatic nitrogens is 2. The Morgan fingerprint density at radius 2 is 1.91 bits per heavy atom. The van der Waals surface area contributed by atoms with Gasteiger partial charge in [0.1, 0.15) is 11.4 Å². The second kappa shape index (κ2) is 11.0. The summed E-state index contributed by atoms with van der Waals surface area (Å²) in [6.07, 6.45) is 2.60. The van der Waals surface area contributed by atoms with Gasteiger partial charge in [-0.1, -0.05) is 0 Å². The number of likely N-dealkylation sites (tertiary alicyclic amines) is 1. The zero-order chi connectivity index (χ0) is 25.8. The Hall–Kier alpha value is -2.65. The Balaban J connectivity index is 0.000000211. The molecule has 0 atom stereocenters. The highest BCUT2D eigenvalue weighted by Gasteiger charge is 2.64. The lowest BCUT2D eigenvalue weighted by Crippen LogP contribution is -2.72. The number of carbonyl (C=O) groups excluding carboxylic acids is 2.